The van der Waals surface area contributed by atoms with Gasteiger partial charge in [0.1, 0.15) is 0 Å². The highest BCUT2D eigenvalue weighted by Crippen LogP contribution is 2.29. The van der Waals surface area contributed by atoms with Crippen molar-refractivity contribution in [2.24, 2.45) is 0 Å². The number of halogens is 1. The molecule has 0 spiro atoms. The first kappa shape index (κ1) is 16.7. The number of carbonyl (C=O) groups is 1. The lowest BCUT2D eigenvalue weighted by Crippen LogP contribution is -2.10. The molecular weight excluding hydrogens is 366 g/mol. The summed E-state index contributed by atoms with van der Waals surface area (Å²) in [5.74, 6) is -0.344. The number of hydrogen-bond donors (Lipinski definition) is 1. The van der Waals surface area contributed by atoms with E-state index in [-0.39, 0.29) is 15.7 Å². The Morgan fingerprint density at radius 3 is 2.42 bits per heavy atom. The van der Waals surface area contributed by atoms with Crippen molar-refractivity contribution in [2.75, 3.05) is 5.32 Å². The minimum atomic E-state index is -3.59. The predicted octanol–water partition coefficient (Wildman–Crippen LogP) is 4.49. The molecule has 7 heteroatoms. The van der Waals surface area contributed by atoms with Gasteiger partial charge < -0.3 is 5.32 Å². The molecule has 0 radical (unpaired) electrons. The summed E-state index contributed by atoms with van der Waals surface area (Å²) in [6.07, 6.45) is 0. The molecule has 0 saturated heterocycles. The monoisotopic (exact) mass is 377 g/mol. The van der Waals surface area contributed by atoms with E-state index < -0.39 is 9.84 Å². The van der Waals surface area contributed by atoms with Gasteiger partial charge in [-0.05, 0) is 36.4 Å². The highest BCUT2D eigenvalue weighted by Gasteiger charge is 2.19. The molecule has 3 aromatic rings. The average molecular weight is 378 g/mol. The molecule has 4 nitrogen and oxygen atoms in total. The van der Waals surface area contributed by atoms with Crippen molar-refractivity contribution >= 4 is 43.7 Å². The van der Waals surface area contributed by atoms with Crippen LogP contribution in [0.25, 0.3) is 0 Å². The van der Waals surface area contributed by atoms with Crippen LogP contribution in [0.3, 0.4) is 0 Å². The molecule has 0 aliphatic heterocycles. The fourth-order valence-electron chi connectivity index (χ4n) is 2.07. The van der Waals surface area contributed by atoms with Gasteiger partial charge in [0.05, 0.1) is 14.8 Å². The molecular formula is C17H12ClNO3S2. The first-order chi connectivity index (χ1) is 11.5. The second-order valence-corrected chi connectivity index (χ2v) is 8.22. The van der Waals surface area contributed by atoms with E-state index in [0.29, 0.717) is 15.6 Å². The van der Waals surface area contributed by atoms with E-state index >= 15 is 0 Å². The topological polar surface area (TPSA) is 63.2 Å². The highest BCUT2D eigenvalue weighted by molar-refractivity contribution is 7.91. The van der Waals surface area contributed by atoms with E-state index in [9.17, 15) is 13.2 Å². The second-order valence-electron chi connectivity index (χ2n) is 4.93. The maximum absolute atomic E-state index is 12.5. The van der Waals surface area contributed by atoms with Crippen molar-refractivity contribution in [2.45, 2.75) is 9.79 Å². The Hall–Kier alpha value is -2.15. The molecule has 0 atom stereocenters. The Balaban J connectivity index is 1.82. The van der Waals surface area contributed by atoms with Gasteiger partial charge in [-0.15, -0.1) is 11.3 Å². The van der Waals surface area contributed by atoms with Gasteiger partial charge >= 0.3 is 0 Å². The molecule has 122 valence electrons. The molecule has 1 N–H and O–H groups in total. The lowest BCUT2D eigenvalue weighted by Gasteiger charge is -2.03. The van der Waals surface area contributed by atoms with E-state index in [1.807, 2.05) is 0 Å². The number of thiophene rings is 1. The summed E-state index contributed by atoms with van der Waals surface area (Å²) in [6.45, 7) is 0. The molecule has 0 unspecified atom stereocenters. The number of nitrogens with one attached hydrogen (secondary N) is 1. The fourth-order valence-corrected chi connectivity index (χ4v) is 4.71. The Labute approximate surface area is 148 Å². The first-order valence-corrected chi connectivity index (χ1v) is 9.66. The standard InChI is InChI=1S/C17H12ClNO3S2/c18-13-6-4-5-12(9-13)17(20)19-16-10-15(11-23-16)24(21,22)14-7-2-1-3-8-14/h1-11H,(H,19,20). The van der Waals surface area contributed by atoms with Crippen LogP contribution in [0.4, 0.5) is 5.00 Å². The van der Waals surface area contributed by atoms with E-state index in [0.717, 1.165) is 11.3 Å². The maximum Gasteiger partial charge on any atom is 0.256 e. The van der Waals surface area contributed by atoms with Crippen molar-refractivity contribution < 1.29 is 13.2 Å². The minimum Gasteiger partial charge on any atom is -0.314 e. The molecule has 3 rings (SSSR count). The van der Waals surface area contributed by atoms with Crippen LogP contribution in [0, 0.1) is 0 Å². The van der Waals surface area contributed by atoms with Crippen molar-refractivity contribution in [1.82, 2.24) is 0 Å². The van der Waals surface area contributed by atoms with E-state index in [1.54, 1.807) is 42.5 Å². The smallest absolute Gasteiger partial charge is 0.256 e. The molecule has 0 saturated carbocycles. The molecule has 2 aromatic carbocycles. The Morgan fingerprint density at radius 2 is 1.71 bits per heavy atom. The summed E-state index contributed by atoms with van der Waals surface area (Å²) in [5.41, 5.74) is 0.406. The van der Waals surface area contributed by atoms with Crippen LogP contribution in [0.15, 0.2) is 75.8 Å². The zero-order valence-electron chi connectivity index (χ0n) is 12.3. The molecule has 1 heterocycles. The third-order valence-electron chi connectivity index (χ3n) is 3.26. The van der Waals surface area contributed by atoms with Crippen LogP contribution in [0.2, 0.25) is 5.02 Å². The summed E-state index contributed by atoms with van der Waals surface area (Å²) in [5, 5.41) is 5.11. The molecule has 0 aliphatic carbocycles. The molecule has 0 bridgehead atoms. The second kappa shape index (κ2) is 6.76. The summed E-state index contributed by atoms with van der Waals surface area (Å²) in [6, 6.07) is 16.2. The molecule has 0 aliphatic rings. The number of sulfone groups is 1. The number of carbonyl (C=O) groups excluding carboxylic acids is 1. The summed E-state index contributed by atoms with van der Waals surface area (Å²) in [4.78, 5) is 12.6. The number of rotatable bonds is 4. The van der Waals surface area contributed by atoms with Crippen LogP contribution in [-0.4, -0.2) is 14.3 Å². The van der Waals surface area contributed by atoms with Gasteiger partial charge in [0.15, 0.2) is 0 Å². The Kier molecular flexibility index (Phi) is 4.71. The van der Waals surface area contributed by atoms with Gasteiger partial charge in [-0.1, -0.05) is 35.9 Å². The minimum absolute atomic E-state index is 0.153. The van der Waals surface area contributed by atoms with Crippen LogP contribution >= 0.6 is 22.9 Å². The van der Waals surface area contributed by atoms with Gasteiger partial charge in [-0.3, -0.25) is 4.79 Å². The summed E-state index contributed by atoms with van der Waals surface area (Å²) in [7, 11) is -3.59. The third kappa shape index (κ3) is 3.51. The zero-order valence-corrected chi connectivity index (χ0v) is 14.7. The Morgan fingerprint density at radius 1 is 0.958 bits per heavy atom. The van der Waals surface area contributed by atoms with E-state index in [1.165, 1.54) is 23.6 Å². The predicted molar refractivity (Wildman–Crippen MR) is 95.6 cm³/mol. The number of benzene rings is 2. The van der Waals surface area contributed by atoms with E-state index in [4.69, 9.17) is 11.6 Å². The van der Waals surface area contributed by atoms with Crippen LogP contribution in [0.1, 0.15) is 10.4 Å². The van der Waals surface area contributed by atoms with Gasteiger partial charge in [-0.2, -0.15) is 0 Å². The lowest BCUT2D eigenvalue weighted by atomic mass is 10.2. The third-order valence-corrected chi connectivity index (χ3v) is 6.24. The number of amides is 1. The summed E-state index contributed by atoms with van der Waals surface area (Å²) >= 11 is 7.02. The zero-order chi connectivity index (χ0) is 17.2. The highest BCUT2D eigenvalue weighted by atomic mass is 35.5. The molecule has 0 fully saturated rings. The largest absolute Gasteiger partial charge is 0.314 e. The summed E-state index contributed by atoms with van der Waals surface area (Å²) < 4.78 is 25.0. The van der Waals surface area contributed by atoms with Crippen molar-refractivity contribution in [3.8, 4) is 0 Å². The maximum atomic E-state index is 12.5. The van der Waals surface area contributed by atoms with Gasteiger partial charge in [0, 0.05) is 16.0 Å². The SMILES string of the molecule is O=C(Nc1cc(S(=O)(=O)c2ccccc2)cs1)c1cccc(Cl)c1. The number of hydrogen-bond acceptors (Lipinski definition) is 4. The van der Waals surface area contributed by atoms with Crippen LogP contribution < -0.4 is 5.32 Å². The fraction of sp³-hybridized carbons (Fsp3) is 0. The normalized spacial score (nSPS) is 11.2. The number of anilines is 1. The average Bonchev–Trinajstić information content (AvgIpc) is 3.05. The van der Waals surface area contributed by atoms with Crippen molar-refractivity contribution in [3.63, 3.8) is 0 Å². The lowest BCUT2D eigenvalue weighted by molar-refractivity contribution is 0.102. The first-order valence-electron chi connectivity index (χ1n) is 6.92. The molecule has 24 heavy (non-hydrogen) atoms. The van der Waals surface area contributed by atoms with Gasteiger partial charge in [0.2, 0.25) is 9.84 Å². The van der Waals surface area contributed by atoms with Crippen molar-refractivity contribution in [1.29, 1.82) is 0 Å². The van der Waals surface area contributed by atoms with Crippen LogP contribution in [0.5, 0.6) is 0 Å². The van der Waals surface area contributed by atoms with Crippen LogP contribution in [-0.2, 0) is 9.84 Å². The molecule has 1 amide bonds. The van der Waals surface area contributed by atoms with Gasteiger partial charge in [-0.25, -0.2) is 8.42 Å². The van der Waals surface area contributed by atoms with Crippen molar-refractivity contribution in [3.05, 3.63) is 76.6 Å². The quantitative estimate of drug-likeness (QED) is 0.728. The Bertz CT molecular complexity index is 982. The van der Waals surface area contributed by atoms with E-state index in [2.05, 4.69) is 5.32 Å². The van der Waals surface area contributed by atoms with Gasteiger partial charge in [0.25, 0.3) is 5.91 Å². The molecule has 1 aromatic heterocycles.